The zero-order chi connectivity index (χ0) is 18.6. The summed E-state index contributed by atoms with van der Waals surface area (Å²) in [5.74, 6) is -1.90. The number of aromatic carboxylic acids is 1. The Labute approximate surface area is 154 Å². The van der Waals surface area contributed by atoms with Crippen molar-refractivity contribution in [3.8, 4) is 0 Å². The minimum Gasteiger partial charge on any atom is -0.477 e. The number of benzene rings is 1. The Balaban J connectivity index is 1.97. The number of likely N-dealkylation sites (N-methyl/N-ethyl adjacent to an activating group) is 1. The van der Waals surface area contributed by atoms with Crippen molar-refractivity contribution in [2.24, 2.45) is 0 Å². The van der Waals surface area contributed by atoms with Crippen LogP contribution in [0.1, 0.15) is 29.2 Å². The van der Waals surface area contributed by atoms with Crippen LogP contribution in [0.15, 0.2) is 17.1 Å². The molecule has 1 aliphatic heterocycles. The van der Waals surface area contributed by atoms with Crippen LogP contribution in [0.5, 0.6) is 0 Å². The number of rotatable bonds is 3. The molecule has 4 rings (SSSR count). The molecule has 2 heterocycles. The topological polar surface area (TPSA) is 65.8 Å². The molecular weight excluding hydrogens is 361 g/mol. The number of piperazine rings is 1. The first-order chi connectivity index (χ1) is 12.4. The van der Waals surface area contributed by atoms with Gasteiger partial charge in [-0.2, -0.15) is 0 Å². The van der Waals surface area contributed by atoms with E-state index in [1.807, 2.05) is 11.9 Å². The molecule has 6 nitrogen and oxygen atoms in total. The number of halogens is 2. The first kappa shape index (κ1) is 17.3. The van der Waals surface area contributed by atoms with E-state index in [-0.39, 0.29) is 22.0 Å². The highest BCUT2D eigenvalue weighted by Gasteiger charge is 2.30. The standard InChI is InChI=1S/C18H19ClFN3O3/c1-21-4-6-22(7-5-21)16-13(20)8-11-15(14(16)19)23(10-2-3-10)9-12(17(11)24)18(25)26/h8-10H,2-7H2,1H3,(H,25,26). The predicted octanol–water partition coefficient (Wildman–Crippen LogP) is 2.58. The molecule has 0 unspecified atom stereocenters. The van der Waals surface area contributed by atoms with E-state index in [4.69, 9.17) is 11.6 Å². The summed E-state index contributed by atoms with van der Waals surface area (Å²) in [5, 5.41) is 9.53. The van der Waals surface area contributed by atoms with Gasteiger partial charge in [0.2, 0.25) is 5.43 Å². The summed E-state index contributed by atoms with van der Waals surface area (Å²) in [7, 11) is 2.01. The molecule has 2 aliphatic rings. The van der Waals surface area contributed by atoms with Gasteiger partial charge < -0.3 is 19.5 Å². The number of anilines is 1. The lowest BCUT2D eigenvalue weighted by Crippen LogP contribution is -2.45. The molecule has 2 aromatic rings. The SMILES string of the molecule is CN1CCN(c2c(F)cc3c(=O)c(C(=O)O)cn(C4CC4)c3c2Cl)CC1. The number of pyridine rings is 1. The summed E-state index contributed by atoms with van der Waals surface area (Å²) in [5.41, 5.74) is -0.328. The molecule has 1 aromatic heterocycles. The zero-order valence-corrected chi connectivity index (χ0v) is 15.1. The minimum absolute atomic E-state index is 0.0252. The molecule has 0 bridgehead atoms. The van der Waals surface area contributed by atoms with Gasteiger partial charge in [0.15, 0.2) is 0 Å². The quantitative estimate of drug-likeness (QED) is 0.888. The average molecular weight is 380 g/mol. The number of carbonyl (C=O) groups is 1. The van der Waals surface area contributed by atoms with Crippen molar-refractivity contribution in [3.05, 3.63) is 38.9 Å². The van der Waals surface area contributed by atoms with Crippen molar-refractivity contribution in [2.45, 2.75) is 18.9 Å². The summed E-state index contributed by atoms with van der Waals surface area (Å²) >= 11 is 6.60. The third-order valence-electron chi connectivity index (χ3n) is 5.17. The molecule has 1 aromatic carbocycles. The lowest BCUT2D eigenvalue weighted by Gasteiger charge is -2.35. The number of fused-ring (bicyclic) bond motifs is 1. The van der Waals surface area contributed by atoms with Crippen LogP contribution < -0.4 is 10.3 Å². The molecule has 138 valence electrons. The van der Waals surface area contributed by atoms with Crippen LogP contribution in [0.2, 0.25) is 5.02 Å². The summed E-state index contributed by atoms with van der Waals surface area (Å²) in [6, 6.07) is 1.24. The van der Waals surface area contributed by atoms with Crippen molar-refractivity contribution in [1.29, 1.82) is 0 Å². The summed E-state index contributed by atoms with van der Waals surface area (Å²) in [4.78, 5) is 28.0. The van der Waals surface area contributed by atoms with Gasteiger partial charge in [-0.15, -0.1) is 0 Å². The second-order valence-electron chi connectivity index (χ2n) is 7.02. The maximum absolute atomic E-state index is 14.9. The van der Waals surface area contributed by atoms with E-state index in [1.54, 1.807) is 4.57 Å². The van der Waals surface area contributed by atoms with E-state index in [1.165, 1.54) is 6.20 Å². The van der Waals surface area contributed by atoms with Crippen molar-refractivity contribution in [3.63, 3.8) is 0 Å². The number of aromatic nitrogens is 1. The summed E-state index contributed by atoms with van der Waals surface area (Å²) in [6.07, 6.45) is 3.12. The molecule has 0 amide bonds. The van der Waals surface area contributed by atoms with Gasteiger partial charge in [-0.05, 0) is 26.0 Å². The Hall–Kier alpha value is -2.12. The molecular formula is C18H19ClFN3O3. The number of nitrogens with zero attached hydrogens (tertiary/aromatic N) is 3. The van der Waals surface area contributed by atoms with Gasteiger partial charge >= 0.3 is 5.97 Å². The zero-order valence-electron chi connectivity index (χ0n) is 14.3. The van der Waals surface area contributed by atoms with Crippen LogP contribution in [-0.4, -0.2) is 53.8 Å². The van der Waals surface area contributed by atoms with E-state index >= 15 is 0 Å². The van der Waals surface area contributed by atoms with E-state index < -0.39 is 17.2 Å². The molecule has 8 heteroatoms. The van der Waals surface area contributed by atoms with E-state index in [9.17, 15) is 19.1 Å². The summed E-state index contributed by atoms with van der Waals surface area (Å²) < 4.78 is 16.6. The van der Waals surface area contributed by atoms with E-state index in [0.29, 0.717) is 24.3 Å². The molecule has 2 fully saturated rings. The lowest BCUT2D eigenvalue weighted by atomic mass is 10.1. The van der Waals surface area contributed by atoms with Gasteiger partial charge in [-0.25, -0.2) is 9.18 Å². The van der Waals surface area contributed by atoms with Crippen LogP contribution in [0, 0.1) is 5.82 Å². The highest BCUT2D eigenvalue weighted by molar-refractivity contribution is 6.38. The maximum atomic E-state index is 14.9. The van der Waals surface area contributed by atoms with E-state index in [2.05, 4.69) is 4.90 Å². The lowest BCUT2D eigenvalue weighted by molar-refractivity contribution is 0.0695. The fourth-order valence-electron chi connectivity index (χ4n) is 3.54. The van der Waals surface area contributed by atoms with Gasteiger partial charge in [0.25, 0.3) is 0 Å². The van der Waals surface area contributed by atoms with Gasteiger partial charge in [0.1, 0.15) is 11.4 Å². The van der Waals surface area contributed by atoms with Crippen LogP contribution in [0.4, 0.5) is 10.1 Å². The first-order valence-corrected chi connectivity index (χ1v) is 9.00. The van der Waals surface area contributed by atoms with E-state index in [0.717, 1.165) is 32.0 Å². The van der Waals surface area contributed by atoms with Gasteiger partial charge in [-0.3, -0.25) is 4.79 Å². The van der Waals surface area contributed by atoms with Crippen LogP contribution in [0.25, 0.3) is 10.9 Å². The number of carboxylic acids is 1. The Morgan fingerprint density at radius 2 is 1.92 bits per heavy atom. The Morgan fingerprint density at radius 1 is 1.27 bits per heavy atom. The Kier molecular flexibility index (Phi) is 4.16. The summed E-state index contributed by atoms with van der Waals surface area (Å²) in [6.45, 7) is 2.86. The number of hydrogen-bond acceptors (Lipinski definition) is 4. The second-order valence-corrected chi connectivity index (χ2v) is 7.40. The Bertz CT molecular complexity index is 963. The largest absolute Gasteiger partial charge is 0.477 e. The molecule has 1 saturated carbocycles. The van der Waals surface area contributed by atoms with Crippen LogP contribution >= 0.6 is 11.6 Å². The first-order valence-electron chi connectivity index (χ1n) is 8.62. The highest BCUT2D eigenvalue weighted by atomic mass is 35.5. The van der Waals surface area contributed by atoms with Crippen molar-refractivity contribution in [2.75, 3.05) is 38.1 Å². The second kappa shape index (κ2) is 6.25. The van der Waals surface area contributed by atoms with Gasteiger partial charge in [0, 0.05) is 38.4 Å². The van der Waals surface area contributed by atoms with Crippen LogP contribution in [-0.2, 0) is 0 Å². The molecule has 0 atom stereocenters. The van der Waals surface area contributed by atoms with Crippen molar-refractivity contribution >= 4 is 34.2 Å². The number of carboxylic acid groups (broad SMARTS) is 1. The highest BCUT2D eigenvalue weighted by Crippen LogP contribution is 2.42. The van der Waals surface area contributed by atoms with Crippen molar-refractivity contribution in [1.82, 2.24) is 9.47 Å². The smallest absolute Gasteiger partial charge is 0.341 e. The predicted molar refractivity (Wildman–Crippen MR) is 98.1 cm³/mol. The molecule has 26 heavy (non-hydrogen) atoms. The Morgan fingerprint density at radius 3 is 2.50 bits per heavy atom. The minimum atomic E-state index is -1.31. The molecule has 1 saturated heterocycles. The average Bonchev–Trinajstić information content (AvgIpc) is 3.42. The molecule has 1 aliphatic carbocycles. The normalized spacial score (nSPS) is 18.5. The maximum Gasteiger partial charge on any atom is 0.341 e. The third-order valence-corrected chi connectivity index (χ3v) is 5.53. The monoisotopic (exact) mass is 379 g/mol. The number of hydrogen-bond donors (Lipinski definition) is 1. The fourth-order valence-corrected chi connectivity index (χ4v) is 3.95. The fraction of sp³-hybridized carbons (Fsp3) is 0.444. The van der Waals surface area contributed by atoms with Gasteiger partial charge in [0.05, 0.1) is 21.6 Å². The third kappa shape index (κ3) is 2.75. The van der Waals surface area contributed by atoms with Crippen molar-refractivity contribution < 1.29 is 14.3 Å². The molecule has 0 radical (unpaired) electrons. The molecule has 1 N–H and O–H groups in total. The van der Waals surface area contributed by atoms with Crippen LogP contribution in [0.3, 0.4) is 0 Å². The molecule has 0 spiro atoms. The van der Waals surface area contributed by atoms with Gasteiger partial charge in [-0.1, -0.05) is 11.6 Å².